The fraction of sp³-hybridized carbons (Fsp3) is 0.444. The number of aryl methyl sites for hydroxylation is 1. The average molecular weight is 345 g/mol. The van der Waals surface area contributed by atoms with Gasteiger partial charge in [-0.2, -0.15) is 0 Å². The molecule has 7 heteroatoms. The van der Waals surface area contributed by atoms with Crippen molar-refractivity contribution in [2.24, 2.45) is 0 Å². The number of benzene rings is 1. The van der Waals surface area contributed by atoms with Crippen LogP contribution < -0.4 is 14.8 Å². The van der Waals surface area contributed by atoms with Gasteiger partial charge in [-0.05, 0) is 26.0 Å². The van der Waals surface area contributed by atoms with Crippen molar-refractivity contribution < 1.29 is 18.7 Å². The molecule has 1 aromatic heterocycles. The number of nitrogens with one attached hydrogen (secondary N) is 1. The van der Waals surface area contributed by atoms with Crippen LogP contribution in [0.4, 0.5) is 4.79 Å². The van der Waals surface area contributed by atoms with Gasteiger partial charge < -0.3 is 24.1 Å². The average Bonchev–Trinajstić information content (AvgIpc) is 2.91. The van der Waals surface area contributed by atoms with Crippen molar-refractivity contribution in [3.8, 4) is 11.5 Å². The van der Waals surface area contributed by atoms with Crippen molar-refractivity contribution in [1.82, 2.24) is 15.2 Å². The van der Waals surface area contributed by atoms with E-state index in [9.17, 15) is 4.79 Å². The van der Waals surface area contributed by atoms with Gasteiger partial charge in [0, 0.05) is 18.6 Å². The molecule has 1 aliphatic heterocycles. The maximum absolute atomic E-state index is 12.6. The summed E-state index contributed by atoms with van der Waals surface area (Å²) in [4.78, 5) is 18.4. The largest absolute Gasteiger partial charge is 0.497 e. The summed E-state index contributed by atoms with van der Waals surface area (Å²) in [6.07, 6.45) is 1.62. The molecule has 2 aromatic rings. The maximum Gasteiger partial charge on any atom is 0.318 e. The van der Waals surface area contributed by atoms with E-state index in [0.29, 0.717) is 31.3 Å². The number of nitrogens with zero attached hydrogens (tertiary/aromatic N) is 2. The summed E-state index contributed by atoms with van der Waals surface area (Å²) >= 11 is 0. The molecule has 0 spiro atoms. The lowest BCUT2D eigenvalue weighted by atomic mass is 10.1. The number of carbonyl (C=O) groups is 1. The van der Waals surface area contributed by atoms with Crippen LogP contribution in [0.1, 0.15) is 31.1 Å². The van der Waals surface area contributed by atoms with Crippen LogP contribution in [-0.2, 0) is 13.1 Å². The topological polar surface area (TPSA) is 76.8 Å². The molecule has 0 radical (unpaired) electrons. The molecular weight excluding hydrogens is 322 g/mol. The molecule has 0 atom stereocenters. The number of ether oxygens (including phenoxy) is 2. The van der Waals surface area contributed by atoms with Crippen molar-refractivity contribution in [2.75, 3.05) is 13.7 Å². The number of hydrogen-bond acceptors (Lipinski definition) is 5. The third-order valence-electron chi connectivity index (χ3n) is 3.96. The van der Waals surface area contributed by atoms with Gasteiger partial charge in [0.05, 0.1) is 32.9 Å². The van der Waals surface area contributed by atoms with Gasteiger partial charge in [-0.1, -0.05) is 0 Å². The van der Waals surface area contributed by atoms with E-state index in [2.05, 4.69) is 10.3 Å². The minimum absolute atomic E-state index is 0.172. The van der Waals surface area contributed by atoms with Gasteiger partial charge in [0.1, 0.15) is 22.9 Å². The highest BCUT2D eigenvalue weighted by Crippen LogP contribution is 2.32. The Morgan fingerprint density at radius 3 is 2.92 bits per heavy atom. The Bertz CT molecular complexity index is 769. The lowest BCUT2D eigenvalue weighted by Gasteiger charge is -2.29. The molecule has 0 saturated carbocycles. The van der Waals surface area contributed by atoms with E-state index in [-0.39, 0.29) is 6.03 Å². The van der Waals surface area contributed by atoms with Crippen LogP contribution in [0.15, 0.2) is 28.8 Å². The first-order valence-electron chi connectivity index (χ1n) is 8.16. The van der Waals surface area contributed by atoms with Crippen LogP contribution in [0.3, 0.4) is 0 Å². The first kappa shape index (κ1) is 17.1. The smallest absolute Gasteiger partial charge is 0.318 e. The van der Waals surface area contributed by atoms with Gasteiger partial charge in [-0.15, -0.1) is 0 Å². The van der Waals surface area contributed by atoms with E-state index in [1.54, 1.807) is 25.1 Å². The van der Waals surface area contributed by atoms with Gasteiger partial charge in [-0.25, -0.2) is 9.78 Å². The fourth-order valence-electron chi connectivity index (χ4n) is 2.84. The maximum atomic E-state index is 12.6. The van der Waals surface area contributed by atoms with Gasteiger partial charge in [0.25, 0.3) is 0 Å². The molecule has 1 N–H and O–H groups in total. The summed E-state index contributed by atoms with van der Waals surface area (Å²) in [6.45, 7) is 6.91. The zero-order valence-electron chi connectivity index (χ0n) is 15.0. The van der Waals surface area contributed by atoms with Crippen LogP contribution in [-0.4, -0.2) is 35.2 Å². The molecule has 0 saturated heterocycles. The second-order valence-electron chi connectivity index (χ2n) is 6.70. The Hall–Kier alpha value is -2.70. The quantitative estimate of drug-likeness (QED) is 0.925. The summed E-state index contributed by atoms with van der Waals surface area (Å²) < 4.78 is 16.8. The molecule has 2 heterocycles. The molecule has 0 bridgehead atoms. The molecular formula is C18H23N3O4. The van der Waals surface area contributed by atoms with Crippen LogP contribution in [0, 0.1) is 6.92 Å². The molecule has 134 valence electrons. The summed E-state index contributed by atoms with van der Waals surface area (Å²) in [5.41, 5.74) is 0.426. The Morgan fingerprint density at radius 1 is 1.44 bits per heavy atom. The number of oxazole rings is 1. The predicted octanol–water partition coefficient (Wildman–Crippen LogP) is 2.87. The molecule has 2 amide bonds. The molecule has 1 aliphatic rings. The Kier molecular flexibility index (Phi) is 4.57. The summed E-state index contributed by atoms with van der Waals surface area (Å²) in [6, 6.07) is 5.48. The molecule has 0 aliphatic carbocycles. The third kappa shape index (κ3) is 4.04. The van der Waals surface area contributed by atoms with Gasteiger partial charge in [-0.3, -0.25) is 0 Å². The fourth-order valence-corrected chi connectivity index (χ4v) is 2.84. The van der Waals surface area contributed by atoms with Crippen molar-refractivity contribution in [3.05, 3.63) is 41.6 Å². The van der Waals surface area contributed by atoms with Crippen molar-refractivity contribution in [2.45, 2.75) is 39.5 Å². The van der Waals surface area contributed by atoms with Crippen molar-refractivity contribution >= 4 is 6.03 Å². The first-order chi connectivity index (χ1) is 11.9. The van der Waals surface area contributed by atoms with Crippen LogP contribution in [0.2, 0.25) is 0 Å². The summed E-state index contributed by atoms with van der Waals surface area (Å²) in [7, 11) is 1.62. The molecule has 7 nitrogen and oxygen atoms in total. The first-order valence-corrected chi connectivity index (χ1v) is 8.16. The highest BCUT2D eigenvalue weighted by atomic mass is 16.5. The normalized spacial score (nSPS) is 15.8. The summed E-state index contributed by atoms with van der Waals surface area (Å²) in [5.74, 6) is 2.68. The number of carbonyl (C=O) groups excluding carboxylic acids is 1. The zero-order chi connectivity index (χ0) is 18.0. The Balaban J connectivity index is 1.75. The number of amides is 2. The van der Waals surface area contributed by atoms with E-state index in [1.807, 2.05) is 32.0 Å². The second-order valence-corrected chi connectivity index (χ2v) is 6.70. The number of rotatable bonds is 3. The van der Waals surface area contributed by atoms with E-state index in [1.165, 1.54) is 0 Å². The number of aromatic nitrogens is 1. The van der Waals surface area contributed by atoms with E-state index >= 15 is 0 Å². The van der Waals surface area contributed by atoms with Crippen LogP contribution in [0.25, 0.3) is 0 Å². The van der Waals surface area contributed by atoms with E-state index in [0.717, 1.165) is 17.1 Å². The Morgan fingerprint density at radius 2 is 2.24 bits per heavy atom. The monoisotopic (exact) mass is 345 g/mol. The minimum Gasteiger partial charge on any atom is -0.497 e. The minimum atomic E-state index is -0.516. The van der Waals surface area contributed by atoms with Gasteiger partial charge >= 0.3 is 6.03 Å². The summed E-state index contributed by atoms with van der Waals surface area (Å²) in [5, 5.41) is 2.87. The molecule has 0 unspecified atom stereocenters. The SMILES string of the molecule is COc1ccc2c(c1)OC(C)(C)CN(C(=O)NCc1cnc(C)o1)C2. The number of methoxy groups -OCH3 is 1. The van der Waals surface area contributed by atoms with Crippen LogP contribution in [0.5, 0.6) is 11.5 Å². The Labute approximate surface area is 146 Å². The third-order valence-corrected chi connectivity index (χ3v) is 3.96. The lowest BCUT2D eigenvalue weighted by molar-refractivity contribution is 0.0804. The second kappa shape index (κ2) is 6.66. The lowest BCUT2D eigenvalue weighted by Crippen LogP contribution is -2.46. The molecule has 3 rings (SSSR count). The van der Waals surface area contributed by atoms with E-state index in [4.69, 9.17) is 13.9 Å². The van der Waals surface area contributed by atoms with E-state index < -0.39 is 5.60 Å². The number of urea groups is 1. The van der Waals surface area contributed by atoms with Crippen molar-refractivity contribution in [3.63, 3.8) is 0 Å². The molecule has 25 heavy (non-hydrogen) atoms. The number of hydrogen-bond donors (Lipinski definition) is 1. The van der Waals surface area contributed by atoms with Crippen molar-refractivity contribution in [1.29, 1.82) is 0 Å². The standard InChI is InChI=1S/C18H23N3O4/c1-12-19-8-15(24-12)9-20-17(22)21-10-13-5-6-14(23-4)7-16(13)25-18(2,3)11-21/h5-8H,9-11H2,1-4H3,(H,20,22). The predicted molar refractivity (Wildman–Crippen MR) is 91.6 cm³/mol. The molecule has 0 fully saturated rings. The van der Waals surface area contributed by atoms with Gasteiger partial charge in [0.15, 0.2) is 5.89 Å². The number of fused-ring (bicyclic) bond motifs is 1. The highest BCUT2D eigenvalue weighted by Gasteiger charge is 2.31. The zero-order valence-corrected chi connectivity index (χ0v) is 15.0. The van der Waals surface area contributed by atoms with Crippen LogP contribution >= 0.6 is 0 Å². The highest BCUT2D eigenvalue weighted by molar-refractivity contribution is 5.74. The van der Waals surface area contributed by atoms with Gasteiger partial charge in [0.2, 0.25) is 0 Å². The molecule has 1 aromatic carbocycles.